The third-order valence-corrected chi connectivity index (χ3v) is 4.62. The fraction of sp³-hybridized carbons (Fsp3) is 0.412. The molecule has 0 saturated carbocycles. The summed E-state index contributed by atoms with van der Waals surface area (Å²) in [7, 11) is 0. The third kappa shape index (κ3) is 3.37. The van der Waals surface area contributed by atoms with Gasteiger partial charge in [0.2, 0.25) is 5.89 Å². The topological polar surface area (TPSA) is 64.7 Å². The van der Waals surface area contributed by atoms with Gasteiger partial charge in [0.25, 0.3) is 0 Å². The highest BCUT2D eigenvalue weighted by Crippen LogP contribution is 2.35. The van der Waals surface area contributed by atoms with E-state index in [2.05, 4.69) is 35.9 Å². The number of fused-ring (bicyclic) bond motifs is 1. The standard InChI is InChI=1S/C17H20N4OS/c1-10-15(19-13-9-7-6-8-12(13)18-10)23-11(2)14-20-16(21-22-14)17(3,4)5/h6-9,11H,1-5H3/t11-/m0/s1. The van der Waals surface area contributed by atoms with Gasteiger partial charge in [-0.1, -0.05) is 49.8 Å². The molecule has 0 amide bonds. The van der Waals surface area contributed by atoms with Crippen molar-refractivity contribution in [2.45, 2.75) is 50.3 Å². The number of hydrogen-bond acceptors (Lipinski definition) is 6. The van der Waals surface area contributed by atoms with E-state index in [1.165, 1.54) is 0 Å². The molecule has 0 unspecified atom stereocenters. The first-order valence-electron chi connectivity index (χ1n) is 7.59. The molecule has 3 rings (SSSR count). The average molecular weight is 328 g/mol. The molecule has 0 spiro atoms. The van der Waals surface area contributed by atoms with Crippen LogP contribution in [-0.2, 0) is 5.41 Å². The zero-order chi connectivity index (χ0) is 16.6. The van der Waals surface area contributed by atoms with E-state index < -0.39 is 0 Å². The van der Waals surface area contributed by atoms with Crippen LogP contribution in [0, 0.1) is 6.92 Å². The summed E-state index contributed by atoms with van der Waals surface area (Å²) in [5.74, 6) is 1.34. The van der Waals surface area contributed by atoms with Crippen LogP contribution >= 0.6 is 11.8 Å². The van der Waals surface area contributed by atoms with Crippen molar-refractivity contribution in [2.24, 2.45) is 0 Å². The number of thioether (sulfide) groups is 1. The van der Waals surface area contributed by atoms with E-state index in [1.54, 1.807) is 11.8 Å². The lowest BCUT2D eigenvalue weighted by Crippen LogP contribution is -2.13. The number of nitrogens with zero attached hydrogens (tertiary/aromatic N) is 4. The Morgan fingerprint density at radius 2 is 1.70 bits per heavy atom. The van der Waals surface area contributed by atoms with Gasteiger partial charge in [0.15, 0.2) is 5.82 Å². The third-order valence-electron chi connectivity index (χ3n) is 3.45. The van der Waals surface area contributed by atoms with E-state index in [9.17, 15) is 0 Å². The summed E-state index contributed by atoms with van der Waals surface area (Å²) in [6, 6.07) is 7.89. The van der Waals surface area contributed by atoms with Crippen molar-refractivity contribution in [3.8, 4) is 0 Å². The highest BCUT2D eigenvalue weighted by Gasteiger charge is 2.24. The Morgan fingerprint density at radius 1 is 1.04 bits per heavy atom. The molecule has 0 bridgehead atoms. The molecule has 0 N–H and O–H groups in total. The van der Waals surface area contributed by atoms with Crippen molar-refractivity contribution in [2.75, 3.05) is 0 Å². The molecule has 2 aromatic heterocycles. The quantitative estimate of drug-likeness (QED) is 0.661. The average Bonchev–Trinajstić information content (AvgIpc) is 2.98. The Labute approximate surface area is 139 Å². The van der Waals surface area contributed by atoms with Gasteiger partial charge >= 0.3 is 0 Å². The minimum atomic E-state index is -0.120. The highest BCUT2D eigenvalue weighted by atomic mass is 32.2. The largest absolute Gasteiger partial charge is 0.338 e. The first kappa shape index (κ1) is 15.9. The predicted molar refractivity (Wildman–Crippen MR) is 91.5 cm³/mol. The molecule has 0 radical (unpaired) electrons. The van der Waals surface area contributed by atoms with Crippen LogP contribution in [0.2, 0.25) is 0 Å². The molecule has 0 aliphatic carbocycles. The summed E-state index contributed by atoms with van der Waals surface area (Å²) in [5, 5.41) is 5.00. The molecule has 23 heavy (non-hydrogen) atoms. The van der Waals surface area contributed by atoms with Crippen LogP contribution in [0.3, 0.4) is 0 Å². The van der Waals surface area contributed by atoms with Gasteiger partial charge in [-0.15, -0.1) is 0 Å². The number of aryl methyl sites for hydroxylation is 1. The number of aromatic nitrogens is 4. The van der Waals surface area contributed by atoms with Gasteiger partial charge in [-0.3, -0.25) is 0 Å². The second kappa shape index (κ2) is 5.92. The molecule has 2 heterocycles. The summed E-state index contributed by atoms with van der Waals surface area (Å²) in [4.78, 5) is 13.8. The molecule has 6 heteroatoms. The normalized spacial score (nSPS) is 13.4. The fourth-order valence-electron chi connectivity index (χ4n) is 2.11. The van der Waals surface area contributed by atoms with Gasteiger partial charge in [-0.25, -0.2) is 9.97 Å². The Morgan fingerprint density at radius 3 is 2.30 bits per heavy atom. The van der Waals surface area contributed by atoms with Crippen LogP contribution in [0.4, 0.5) is 0 Å². The molecular weight excluding hydrogens is 308 g/mol. The summed E-state index contributed by atoms with van der Waals surface area (Å²) in [6.07, 6.45) is 0. The zero-order valence-electron chi connectivity index (χ0n) is 14.0. The summed E-state index contributed by atoms with van der Waals surface area (Å²) >= 11 is 1.59. The van der Waals surface area contributed by atoms with Crippen LogP contribution in [0.15, 0.2) is 33.8 Å². The van der Waals surface area contributed by atoms with Crippen molar-refractivity contribution in [3.05, 3.63) is 41.7 Å². The van der Waals surface area contributed by atoms with Gasteiger partial charge < -0.3 is 4.52 Å². The second-order valence-corrected chi connectivity index (χ2v) is 7.90. The Kier molecular flexibility index (Phi) is 4.10. The maximum Gasteiger partial charge on any atom is 0.239 e. The summed E-state index contributed by atoms with van der Waals surface area (Å²) in [6.45, 7) is 10.2. The Hall–Kier alpha value is -1.95. The van der Waals surface area contributed by atoms with E-state index in [0.717, 1.165) is 27.6 Å². The van der Waals surface area contributed by atoms with Crippen molar-refractivity contribution in [3.63, 3.8) is 0 Å². The highest BCUT2D eigenvalue weighted by molar-refractivity contribution is 7.99. The lowest BCUT2D eigenvalue weighted by atomic mass is 9.96. The van der Waals surface area contributed by atoms with Crippen molar-refractivity contribution >= 4 is 22.8 Å². The maximum atomic E-state index is 5.42. The molecule has 3 aromatic rings. The Bertz CT molecular complexity index is 838. The second-order valence-electron chi connectivity index (χ2n) is 6.57. The van der Waals surface area contributed by atoms with Crippen molar-refractivity contribution in [1.82, 2.24) is 20.1 Å². The van der Waals surface area contributed by atoms with Gasteiger partial charge in [0, 0.05) is 5.41 Å². The lowest BCUT2D eigenvalue weighted by Gasteiger charge is -2.11. The summed E-state index contributed by atoms with van der Waals surface area (Å²) in [5.41, 5.74) is 2.60. The molecule has 1 aromatic carbocycles. The fourth-order valence-corrected chi connectivity index (χ4v) is 3.01. The van der Waals surface area contributed by atoms with E-state index in [4.69, 9.17) is 9.51 Å². The van der Waals surface area contributed by atoms with E-state index >= 15 is 0 Å². The SMILES string of the molecule is Cc1nc2ccccc2nc1S[C@@H](C)c1nc(C(C)(C)C)no1. The van der Waals surface area contributed by atoms with Gasteiger partial charge in [0.05, 0.1) is 22.0 Å². The van der Waals surface area contributed by atoms with Gasteiger partial charge in [0.1, 0.15) is 5.03 Å². The van der Waals surface area contributed by atoms with E-state index in [1.807, 2.05) is 38.1 Å². The monoisotopic (exact) mass is 328 g/mol. The van der Waals surface area contributed by atoms with Crippen LogP contribution in [0.1, 0.15) is 50.4 Å². The smallest absolute Gasteiger partial charge is 0.239 e. The van der Waals surface area contributed by atoms with Crippen LogP contribution in [0.5, 0.6) is 0 Å². The van der Waals surface area contributed by atoms with Crippen molar-refractivity contribution < 1.29 is 4.52 Å². The molecular formula is C17H20N4OS. The van der Waals surface area contributed by atoms with Crippen molar-refractivity contribution in [1.29, 1.82) is 0 Å². The molecule has 0 saturated heterocycles. The number of para-hydroxylation sites is 2. The summed E-state index contributed by atoms with van der Waals surface area (Å²) < 4.78 is 5.42. The molecule has 0 aliphatic rings. The predicted octanol–water partition coefficient (Wildman–Crippen LogP) is 4.47. The van der Waals surface area contributed by atoms with Crippen LogP contribution < -0.4 is 0 Å². The number of rotatable bonds is 3. The molecule has 5 nitrogen and oxygen atoms in total. The van der Waals surface area contributed by atoms with Crippen LogP contribution in [-0.4, -0.2) is 20.1 Å². The Balaban J connectivity index is 1.86. The molecule has 120 valence electrons. The first-order valence-corrected chi connectivity index (χ1v) is 8.46. The van der Waals surface area contributed by atoms with Gasteiger partial charge in [-0.05, 0) is 26.0 Å². The number of benzene rings is 1. The molecule has 0 fully saturated rings. The maximum absolute atomic E-state index is 5.42. The zero-order valence-corrected chi connectivity index (χ0v) is 14.8. The lowest BCUT2D eigenvalue weighted by molar-refractivity contribution is 0.364. The minimum absolute atomic E-state index is 0.0211. The van der Waals surface area contributed by atoms with E-state index in [0.29, 0.717) is 5.89 Å². The number of hydrogen-bond donors (Lipinski definition) is 0. The van der Waals surface area contributed by atoms with Crippen LogP contribution in [0.25, 0.3) is 11.0 Å². The molecule has 1 atom stereocenters. The van der Waals surface area contributed by atoms with E-state index in [-0.39, 0.29) is 10.7 Å². The molecule has 0 aliphatic heterocycles. The minimum Gasteiger partial charge on any atom is -0.338 e. The first-order chi connectivity index (χ1) is 10.8. The van der Waals surface area contributed by atoms with Gasteiger partial charge in [-0.2, -0.15) is 4.98 Å².